The van der Waals surface area contributed by atoms with Crippen LogP contribution in [0.2, 0.25) is 0 Å². The van der Waals surface area contributed by atoms with Crippen molar-refractivity contribution in [1.29, 1.82) is 0 Å². The van der Waals surface area contributed by atoms with E-state index in [4.69, 9.17) is 0 Å². The molecule has 1 unspecified atom stereocenters. The van der Waals surface area contributed by atoms with Crippen molar-refractivity contribution in [3.05, 3.63) is 0 Å². The highest BCUT2D eigenvalue weighted by Crippen LogP contribution is 2.11. The number of imide groups is 1. The Labute approximate surface area is 118 Å². The molecule has 2 N–H and O–H groups in total. The predicted octanol–water partition coefficient (Wildman–Crippen LogP) is -1.05. The number of likely N-dealkylation sites (tertiary alicyclic amines) is 1. The SMILES string of the molecule is CN(C)CC(C)(O)CNC(=O)CCN1C(=O)CCC1=O. The number of likely N-dealkylation sites (N-methyl/N-ethyl adjacent to an activating group) is 1. The first kappa shape index (κ1) is 16.6. The molecule has 0 aromatic heterocycles. The summed E-state index contributed by atoms with van der Waals surface area (Å²) < 4.78 is 0. The number of amides is 3. The third-order valence-electron chi connectivity index (χ3n) is 3.04. The molecule has 0 saturated carbocycles. The molecule has 1 aliphatic heterocycles. The maximum atomic E-state index is 11.7. The highest BCUT2D eigenvalue weighted by atomic mass is 16.3. The van der Waals surface area contributed by atoms with Gasteiger partial charge in [-0.2, -0.15) is 0 Å². The summed E-state index contributed by atoms with van der Waals surface area (Å²) in [6.07, 6.45) is 0.533. The summed E-state index contributed by atoms with van der Waals surface area (Å²) in [5.74, 6) is -0.721. The van der Waals surface area contributed by atoms with E-state index in [1.807, 2.05) is 19.0 Å². The zero-order valence-electron chi connectivity index (χ0n) is 12.3. The van der Waals surface area contributed by atoms with E-state index in [1.165, 1.54) is 0 Å². The van der Waals surface area contributed by atoms with Crippen molar-refractivity contribution in [3.63, 3.8) is 0 Å². The van der Waals surface area contributed by atoms with Gasteiger partial charge in [0.05, 0.1) is 5.60 Å². The fourth-order valence-electron chi connectivity index (χ4n) is 2.20. The Hall–Kier alpha value is -1.47. The van der Waals surface area contributed by atoms with Gasteiger partial charge in [0, 0.05) is 38.9 Å². The summed E-state index contributed by atoms with van der Waals surface area (Å²) in [6, 6.07) is 0. The largest absolute Gasteiger partial charge is 0.387 e. The van der Waals surface area contributed by atoms with E-state index in [1.54, 1.807) is 6.92 Å². The van der Waals surface area contributed by atoms with E-state index in [0.717, 1.165) is 4.90 Å². The van der Waals surface area contributed by atoms with Crippen molar-refractivity contribution < 1.29 is 19.5 Å². The molecular formula is C13H23N3O4. The van der Waals surface area contributed by atoms with Crippen molar-refractivity contribution in [3.8, 4) is 0 Å². The van der Waals surface area contributed by atoms with E-state index in [2.05, 4.69) is 5.32 Å². The summed E-state index contributed by atoms with van der Waals surface area (Å²) in [4.78, 5) is 37.3. The van der Waals surface area contributed by atoms with E-state index in [0.29, 0.717) is 6.54 Å². The molecule has 20 heavy (non-hydrogen) atoms. The summed E-state index contributed by atoms with van der Waals surface area (Å²) in [6.45, 7) is 2.31. The van der Waals surface area contributed by atoms with Gasteiger partial charge in [0.2, 0.25) is 17.7 Å². The number of aliphatic hydroxyl groups is 1. The summed E-state index contributed by atoms with van der Waals surface area (Å²) in [5.41, 5.74) is -1.02. The molecule has 1 atom stereocenters. The number of nitrogens with zero attached hydrogens (tertiary/aromatic N) is 2. The van der Waals surface area contributed by atoms with Crippen molar-refractivity contribution in [1.82, 2.24) is 15.1 Å². The second kappa shape index (κ2) is 6.81. The number of nitrogens with one attached hydrogen (secondary N) is 1. The average molecular weight is 285 g/mol. The molecule has 0 radical (unpaired) electrons. The van der Waals surface area contributed by atoms with Crippen LogP contribution in [0.5, 0.6) is 0 Å². The Morgan fingerprint density at radius 3 is 2.40 bits per heavy atom. The normalized spacial score (nSPS) is 18.6. The highest BCUT2D eigenvalue weighted by Gasteiger charge is 2.29. The molecule has 3 amide bonds. The number of carbonyl (C=O) groups excluding carboxylic acids is 3. The smallest absolute Gasteiger partial charge is 0.229 e. The van der Waals surface area contributed by atoms with Crippen LogP contribution in [0.15, 0.2) is 0 Å². The van der Waals surface area contributed by atoms with Gasteiger partial charge in [-0.15, -0.1) is 0 Å². The van der Waals surface area contributed by atoms with Crippen molar-refractivity contribution in [2.75, 3.05) is 33.7 Å². The number of hydrogen-bond acceptors (Lipinski definition) is 5. The van der Waals surface area contributed by atoms with Crippen molar-refractivity contribution >= 4 is 17.7 Å². The lowest BCUT2D eigenvalue weighted by atomic mass is 10.1. The van der Waals surface area contributed by atoms with E-state index in [9.17, 15) is 19.5 Å². The number of rotatable bonds is 7. The van der Waals surface area contributed by atoms with Gasteiger partial charge in [-0.25, -0.2) is 0 Å². The maximum Gasteiger partial charge on any atom is 0.229 e. The van der Waals surface area contributed by atoms with Gasteiger partial charge in [0.15, 0.2) is 0 Å². The molecule has 7 nitrogen and oxygen atoms in total. The number of carbonyl (C=O) groups is 3. The Balaban J connectivity index is 2.30. The maximum absolute atomic E-state index is 11.7. The van der Waals surface area contributed by atoms with Crippen LogP contribution in [0.3, 0.4) is 0 Å². The highest BCUT2D eigenvalue weighted by molar-refractivity contribution is 6.02. The zero-order chi connectivity index (χ0) is 15.3. The lowest BCUT2D eigenvalue weighted by molar-refractivity contribution is -0.138. The minimum Gasteiger partial charge on any atom is -0.387 e. The third kappa shape index (κ3) is 5.26. The van der Waals surface area contributed by atoms with Crippen LogP contribution in [0, 0.1) is 0 Å². The van der Waals surface area contributed by atoms with Crippen LogP contribution < -0.4 is 5.32 Å². The molecule has 7 heteroatoms. The lowest BCUT2D eigenvalue weighted by Crippen LogP contribution is -2.47. The number of hydrogen-bond donors (Lipinski definition) is 2. The van der Waals surface area contributed by atoms with Gasteiger partial charge >= 0.3 is 0 Å². The topological polar surface area (TPSA) is 89.9 Å². The second-order valence-corrected chi connectivity index (χ2v) is 5.70. The monoisotopic (exact) mass is 285 g/mol. The van der Waals surface area contributed by atoms with Gasteiger partial charge < -0.3 is 15.3 Å². The Bertz CT molecular complexity index is 377. The van der Waals surface area contributed by atoms with Crippen molar-refractivity contribution in [2.45, 2.75) is 31.8 Å². The molecule has 1 fully saturated rings. The molecule has 0 aromatic carbocycles. The van der Waals surface area contributed by atoms with Crippen LogP contribution in [0.1, 0.15) is 26.2 Å². The molecule has 1 aliphatic rings. The minimum absolute atomic E-state index is 0.0650. The molecule has 0 aromatic rings. The van der Waals surface area contributed by atoms with Gasteiger partial charge in [-0.1, -0.05) is 0 Å². The van der Waals surface area contributed by atoms with Crippen LogP contribution >= 0.6 is 0 Å². The Kier molecular flexibility index (Phi) is 5.64. The molecule has 0 bridgehead atoms. The molecule has 0 aliphatic carbocycles. The third-order valence-corrected chi connectivity index (χ3v) is 3.04. The van der Waals surface area contributed by atoms with Crippen LogP contribution in [0.4, 0.5) is 0 Å². The second-order valence-electron chi connectivity index (χ2n) is 5.70. The van der Waals surface area contributed by atoms with Crippen LogP contribution in [-0.2, 0) is 14.4 Å². The van der Waals surface area contributed by atoms with E-state index < -0.39 is 5.60 Å². The van der Waals surface area contributed by atoms with Crippen molar-refractivity contribution in [2.24, 2.45) is 0 Å². The summed E-state index contributed by atoms with van der Waals surface area (Å²) in [5, 5.41) is 12.6. The quantitative estimate of drug-likeness (QED) is 0.583. The first-order valence-electron chi connectivity index (χ1n) is 6.68. The fourth-order valence-corrected chi connectivity index (χ4v) is 2.20. The van der Waals surface area contributed by atoms with E-state index in [-0.39, 0.29) is 50.1 Å². The minimum atomic E-state index is -1.02. The van der Waals surface area contributed by atoms with Gasteiger partial charge in [-0.3, -0.25) is 19.3 Å². The zero-order valence-corrected chi connectivity index (χ0v) is 12.3. The first-order valence-corrected chi connectivity index (χ1v) is 6.68. The summed E-state index contributed by atoms with van der Waals surface area (Å²) in [7, 11) is 3.67. The van der Waals surface area contributed by atoms with Gasteiger partial charge in [-0.05, 0) is 21.0 Å². The average Bonchev–Trinajstić information content (AvgIpc) is 2.62. The molecule has 0 spiro atoms. The lowest BCUT2D eigenvalue weighted by Gasteiger charge is -2.27. The predicted molar refractivity (Wildman–Crippen MR) is 72.8 cm³/mol. The Morgan fingerprint density at radius 1 is 1.35 bits per heavy atom. The van der Waals surface area contributed by atoms with E-state index >= 15 is 0 Å². The van der Waals surface area contributed by atoms with Crippen LogP contribution in [-0.4, -0.2) is 72.0 Å². The first-order chi connectivity index (χ1) is 9.21. The molecular weight excluding hydrogens is 262 g/mol. The molecule has 114 valence electrons. The fraction of sp³-hybridized carbons (Fsp3) is 0.769. The molecule has 1 heterocycles. The molecule has 1 saturated heterocycles. The van der Waals surface area contributed by atoms with Gasteiger partial charge in [0.1, 0.15) is 0 Å². The van der Waals surface area contributed by atoms with Gasteiger partial charge in [0.25, 0.3) is 0 Å². The van der Waals surface area contributed by atoms with Crippen LogP contribution in [0.25, 0.3) is 0 Å². The standard InChI is InChI=1S/C13H23N3O4/c1-13(20,9-15(2)3)8-14-10(17)6-7-16-11(18)4-5-12(16)19/h20H,4-9H2,1-3H3,(H,14,17). The Morgan fingerprint density at radius 2 is 1.90 bits per heavy atom. The molecule has 1 rings (SSSR count). The summed E-state index contributed by atoms with van der Waals surface area (Å²) >= 11 is 0.